The lowest BCUT2D eigenvalue weighted by molar-refractivity contribution is 0.668. The standard InChI is InChI=1S/C70H46N6O/c1-40-18-13-26-49-44-22-5-9-32-56(44)73(62(40)49)66-55(38-71)67(74-57-33-10-6-23-45(57)50-27-14-19-41(2)63(50)74)69(76-59-35-12-8-25-47(59)52-29-16-21-43(4)65(52)76)61(54-31-17-30-53-48-36-37-72-39-60(48)77-70(53)54)68(66)75-58-34-11-7-24-46(58)51-28-15-20-42(3)64(51)75/h5-37,39H,1-4H3. The number of nitrogens with zero attached hydrogens (tertiary/aromatic N) is 6. The van der Waals surface area contributed by atoms with Crippen molar-refractivity contribution in [2.45, 2.75) is 27.7 Å². The van der Waals surface area contributed by atoms with E-state index in [0.717, 1.165) is 160 Å². The van der Waals surface area contributed by atoms with Crippen LogP contribution in [0.2, 0.25) is 0 Å². The molecule has 0 atom stereocenters. The summed E-state index contributed by atoms with van der Waals surface area (Å²) in [6.07, 6.45) is 3.67. The predicted molar refractivity (Wildman–Crippen MR) is 318 cm³/mol. The molecular weight excluding hydrogens is 941 g/mol. The first kappa shape index (κ1) is 43.3. The van der Waals surface area contributed by atoms with Crippen LogP contribution in [0.4, 0.5) is 0 Å². The molecule has 0 bridgehead atoms. The molecule has 77 heavy (non-hydrogen) atoms. The van der Waals surface area contributed by atoms with Crippen LogP contribution in [-0.4, -0.2) is 23.3 Å². The molecule has 7 heteroatoms. The first-order valence-corrected chi connectivity index (χ1v) is 26.3. The number of rotatable bonds is 5. The van der Waals surface area contributed by atoms with E-state index in [0.29, 0.717) is 11.1 Å². The van der Waals surface area contributed by atoms with Crippen molar-refractivity contribution in [2.24, 2.45) is 0 Å². The van der Waals surface area contributed by atoms with Gasteiger partial charge in [-0.25, -0.2) is 0 Å². The summed E-state index contributed by atoms with van der Waals surface area (Å²) < 4.78 is 17.1. The van der Waals surface area contributed by atoms with Crippen molar-refractivity contribution in [3.05, 3.63) is 234 Å². The van der Waals surface area contributed by atoms with Crippen LogP contribution < -0.4 is 0 Å². The van der Waals surface area contributed by atoms with E-state index < -0.39 is 0 Å². The van der Waals surface area contributed by atoms with E-state index in [9.17, 15) is 5.26 Å². The number of aryl methyl sites for hydroxylation is 4. The summed E-state index contributed by atoms with van der Waals surface area (Å²) in [5, 5.41) is 23.9. The molecule has 0 N–H and O–H groups in total. The summed E-state index contributed by atoms with van der Waals surface area (Å²) in [5.74, 6) is 0. The van der Waals surface area contributed by atoms with E-state index in [2.05, 4.69) is 251 Å². The van der Waals surface area contributed by atoms with Crippen molar-refractivity contribution in [3.63, 3.8) is 0 Å². The van der Waals surface area contributed by atoms with E-state index in [1.165, 1.54) is 0 Å². The minimum atomic E-state index is 0.524. The summed E-state index contributed by atoms with van der Waals surface area (Å²) in [6, 6.07) is 73.0. The molecule has 0 saturated heterocycles. The molecule has 0 radical (unpaired) electrons. The van der Waals surface area contributed by atoms with E-state index in [1.807, 2.05) is 12.4 Å². The number of para-hydroxylation sites is 9. The molecule has 7 nitrogen and oxygen atoms in total. The highest BCUT2D eigenvalue weighted by Crippen LogP contribution is 2.54. The van der Waals surface area contributed by atoms with Gasteiger partial charge in [0.1, 0.15) is 17.2 Å². The van der Waals surface area contributed by atoms with Gasteiger partial charge in [-0.05, 0) is 80.3 Å². The monoisotopic (exact) mass is 986 g/mol. The molecule has 0 fully saturated rings. The van der Waals surface area contributed by atoms with E-state index in [4.69, 9.17) is 4.42 Å². The molecule has 0 aliphatic carbocycles. The van der Waals surface area contributed by atoms with Gasteiger partial charge in [0.15, 0.2) is 5.58 Å². The third-order valence-electron chi connectivity index (χ3n) is 16.6. The lowest BCUT2D eigenvalue weighted by atomic mass is 9.92. The molecule has 0 aliphatic heterocycles. The van der Waals surface area contributed by atoms with Crippen LogP contribution in [0, 0.1) is 39.0 Å². The molecule has 0 spiro atoms. The predicted octanol–water partition coefficient (Wildman–Crippen LogP) is 18.1. The number of aromatic nitrogens is 5. The Labute approximate surface area is 441 Å². The molecule has 0 saturated carbocycles. The Morgan fingerprint density at radius 2 is 0.714 bits per heavy atom. The van der Waals surface area contributed by atoms with Crippen LogP contribution in [0.1, 0.15) is 27.8 Å². The topological polar surface area (TPSA) is 69.5 Å². The molecule has 0 aliphatic rings. The maximum atomic E-state index is 13.0. The van der Waals surface area contributed by atoms with Gasteiger partial charge in [-0.15, -0.1) is 0 Å². The van der Waals surface area contributed by atoms with Gasteiger partial charge < -0.3 is 22.7 Å². The van der Waals surface area contributed by atoms with Gasteiger partial charge in [-0.3, -0.25) is 4.98 Å². The average molecular weight is 987 g/mol. The Balaban J connectivity index is 1.32. The largest absolute Gasteiger partial charge is 0.454 e. The summed E-state index contributed by atoms with van der Waals surface area (Å²) in [7, 11) is 0. The smallest absolute Gasteiger partial charge is 0.153 e. The minimum Gasteiger partial charge on any atom is -0.454 e. The fraction of sp³-hybridized carbons (Fsp3) is 0.0571. The SMILES string of the molecule is Cc1cccc2c3ccccc3n(-c3c(C#N)c(-n4c5ccccc5c5cccc(C)c54)c(-n4c5ccccc5c5cccc(C)c54)c(-c4cccc5c4oc4cnccc45)c3-n3c4ccccc4c4cccc(C)c43)c12. The maximum Gasteiger partial charge on any atom is 0.153 e. The molecule has 6 aromatic heterocycles. The highest BCUT2D eigenvalue weighted by molar-refractivity contribution is 6.20. The number of benzene rings is 10. The van der Waals surface area contributed by atoms with Crippen LogP contribution in [0.15, 0.2) is 211 Å². The van der Waals surface area contributed by atoms with Crippen LogP contribution in [0.25, 0.3) is 143 Å². The summed E-state index contributed by atoms with van der Waals surface area (Å²) in [5.41, 5.74) is 19.6. The third-order valence-corrected chi connectivity index (χ3v) is 16.6. The van der Waals surface area contributed by atoms with Gasteiger partial charge in [0.2, 0.25) is 0 Å². The van der Waals surface area contributed by atoms with Crippen LogP contribution in [0.3, 0.4) is 0 Å². The quantitative estimate of drug-likeness (QED) is 0.172. The minimum absolute atomic E-state index is 0.524. The van der Waals surface area contributed by atoms with E-state index >= 15 is 0 Å². The highest BCUT2D eigenvalue weighted by atomic mass is 16.3. The van der Waals surface area contributed by atoms with Crippen molar-refractivity contribution >= 4 is 109 Å². The molecular formula is C70H46N6O. The Hall–Kier alpha value is -10.2. The molecule has 10 aromatic carbocycles. The summed E-state index contributed by atoms with van der Waals surface area (Å²) >= 11 is 0. The zero-order chi connectivity index (χ0) is 51.4. The second-order valence-corrected chi connectivity index (χ2v) is 20.7. The number of fused-ring (bicyclic) bond motifs is 15. The Bertz CT molecular complexity index is 5030. The van der Waals surface area contributed by atoms with Gasteiger partial charge in [0, 0.05) is 71.2 Å². The van der Waals surface area contributed by atoms with Crippen LogP contribution >= 0.6 is 0 Å². The van der Waals surface area contributed by atoms with E-state index in [1.54, 1.807) is 0 Å². The van der Waals surface area contributed by atoms with Crippen molar-refractivity contribution < 1.29 is 4.42 Å². The normalized spacial score (nSPS) is 12.1. The lowest BCUT2D eigenvalue weighted by Gasteiger charge is -2.30. The Morgan fingerprint density at radius 1 is 0.364 bits per heavy atom. The summed E-state index contributed by atoms with van der Waals surface area (Å²) in [4.78, 5) is 4.59. The molecule has 362 valence electrons. The van der Waals surface area contributed by atoms with Gasteiger partial charge in [-0.1, -0.05) is 164 Å². The molecule has 16 rings (SSSR count). The van der Waals surface area contributed by atoms with Crippen molar-refractivity contribution in [2.75, 3.05) is 0 Å². The zero-order valence-corrected chi connectivity index (χ0v) is 42.7. The lowest BCUT2D eigenvalue weighted by Crippen LogP contribution is -2.17. The fourth-order valence-corrected chi connectivity index (χ4v) is 13.5. The molecule has 16 aromatic rings. The van der Waals surface area contributed by atoms with Crippen molar-refractivity contribution in [3.8, 4) is 39.9 Å². The Kier molecular flexibility index (Phi) is 8.95. The maximum absolute atomic E-state index is 13.0. The average Bonchev–Trinajstić information content (AvgIpc) is 4.32. The van der Waals surface area contributed by atoms with Crippen molar-refractivity contribution in [1.82, 2.24) is 23.3 Å². The highest BCUT2D eigenvalue weighted by Gasteiger charge is 2.36. The van der Waals surface area contributed by atoms with Crippen molar-refractivity contribution in [1.29, 1.82) is 5.26 Å². The number of hydrogen-bond acceptors (Lipinski definition) is 3. The number of nitriles is 1. The van der Waals surface area contributed by atoms with Crippen LogP contribution in [-0.2, 0) is 0 Å². The molecule has 6 heterocycles. The van der Waals surface area contributed by atoms with Crippen LogP contribution in [0.5, 0.6) is 0 Å². The fourth-order valence-electron chi connectivity index (χ4n) is 13.5. The van der Waals surface area contributed by atoms with Gasteiger partial charge in [-0.2, -0.15) is 5.26 Å². The van der Waals surface area contributed by atoms with Gasteiger partial charge in [0.05, 0.1) is 73.1 Å². The zero-order valence-electron chi connectivity index (χ0n) is 42.7. The number of pyridine rings is 1. The molecule has 0 amide bonds. The summed E-state index contributed by atoms with van der Waals surface area (Å²) in [6.45, 7) is 8.83. The first-order chi connectivity index (χ1) is 37.9. The second kappa shape index (κ2) is 15.9. The number of furan rings is 1. The Morgan fingerprint density at radius 3 is 1.12 bits per heavy atom. The third kappa shape index (κ3) is 5.71. The van der Waals surface area contributed by atoms with Gasteiger partial charge >= 0.3 is 0 Å². The second-order valence-electron chi connectivity index (χ2n) is 20.7. The van der Waals surface area contributed by atoms with E-state index in [-0.39, 0.29) is 0 Å². The number of hydrogen-bond donors (Lipinski definition) is 0. The molecule has 0 unspecified atom stereocenters. The first-order valence-electron chi connectivity index (χ1n) is 26.3. The van der Waals surface area contributed by atoms with Gasteiger partial charge in [0.25, 0.3) is 0 Å².